The number of nitrogens with one attached hydrogen (secondary N) is 1. The molecule has 5 nitrogen and oxygen atoms in total. The van der Waals surface area contributed by atoms with Crippen molar-refractivity contribution in [3.63, 3.8) is 0 Å². The molecule has 0 aliphatic heterocycles. The third-order valence-electron chi connectivity index (χ3n) is 2.20. The summed E-state index contributed by atoms with van der Waals surface area (Å²) in [4.78, 5) is 11.7. The van der Waals surface area contributed by atoms with E-state index in [0.717, 1.165) is 6.42 Å². The molecule has 1 amide bonds. The van der Waals surface area contributed by atoms with E-state index >= 15 is 0 Å². The summed E-state index contributed by atoms with van der Waals surface area (Å²) in [7, 11) is 0. The van der Waals surface area contributed by atoms with Gasteiger partial charge in [-0.05, 0) is 13.3 Å². The van der Waals surface area contributed by atoms with Gasteiger partial charge in [-0.25, -0.2) is 0 Å². The number of hydrogen-bond acceptors (Lipinski definition) is 4. The Kier molecular flexibility index (Phi) is 3.85. The standard InChI is InChI=1S/C10H17N3O2/c1-3-5-10(2,11)9(14)12-7-8-4-6-13-15-8/h4,6H,3,5,7,11H2,1-2H3,(H,12,14). The van der Waals surface area contributed by atoms with Gasteiger partial charge in [0.1, 0.15) is 0 Å². The molecule has 0 aliphatic carbocycles. The van der Waals surface area contributed by atoms with Crippen LogP contribution in [0, 0.1) is 0 Å². The van der Waals surface area contributed by atoms with E-state index in [0.29, 0.717) is 18.7 Å². The van der Waals surface area contributed by atoms with Crippen LogP contribution in [0.25, 0.3) is 0 Å². The van der Waals surface area contributed by atoms with Crippen LogP contribution < -0.4 is 11.1 Å². The molecule has 0 radical (unpaired) electrons. The molecule has 0 saturated heterocycles. The molecule has 1 atom stereocenters. The van der Waals surface area contributed by atoms with Crippen molar-refractivity contribution in [1.82, 2.24) is 10.5 Å². The van der Waals surface area contributed by atoms with Gasteiger partial charge in [-0.1, -0.05) is 18.5 Å². The fraction of sp³-hybridized carbons (Fsp3) is 0.600. The lowest BCUT2D eigenvalue weighted by Gasteiger charge is -2.22. The van der Waals surface area contributed by atoms with E-state index < -0.39 is 5.54 Å². The van der Waals surface area contributed by atoms with E-state index in [1.165, 1.54) is 6.20 Å². The maximum absolute atomic E-state index is 11.7. The van der Waals surface area contributed by atoms with Crippen molar-refractivity contribution in [3.8, 4) is 0 Å². The first-order valence-electron chi connectivity index (χ1n) is 5.03. The summed E-state index contributed by atoms with van der Waals surface area (Å²) in [5, 5.41) is 6.25. The predicted octanol–water partition coefficient (Wildman–Crippen LogP) is 0.808. The largest absolute Gasteiger partial charge is 0.360 e. The Morgan fingerprint density at radius 1 is 1.73 bits per heavy atom. The second-order valence-electron chi connectivity index (χ2n) is 3.83. The zero-order valence-electron chi connectivity index (χ0n) is 9.12. The second-order valence-corrected chi connectivity index (χ2v) is 3.83. The van der Waals surface area contributed by atoms with Crippen molar-refractivity contribution in [3.05, 3.63) is 18.0 Å². The summed E-state index contributed by atoms with van der Waals surface area (Å²) in [5.74, 6) is 0.455. The Morgan fingerprint density at radius 3 is 3.00 bits per heavy atom. The third kappa shape index (κ3) is 3.36. The van der Waals surface area contributed by atoms with Crippen LogP contribution >= 0.6 is 0 Å². The fourth-order valence-corrected chi connectivity index (χ4v) is 1.34. The van der Waals surface area contributed by atoms with E-state index in [2.05, 4.69) is 10.5 Å². The quantitative estimate of drug-likeness (QED) is 0.755. The minimum atomic E-state index is -0.811. The Balaban J connectivity index is 2.42. The molecule has 1 unspecified atom stereocenters. The smallest absolute Gasteiger partial charge is 0.240 e. The van der Waals surface area contributed by atoms with Crippen LogP contribution in [0.5, 0.6) is 0 Å². The molecule has 3 N–H and O–H groups in total. The highest BCUT2D eigenvalue weighted by atomic mass is 16.5. The molecule has 0 bridgehead atoms. The first kappa shape index (κ1) is 11.7. The number of nitrogens with two attached hydrogens (primary N) is 1. The lowest BCUT2D eigenvalue weighted by Crippen LogP contribution is -2.51. The topological polar surface area (TPSA) is 81.2 Å². The molecular weight excluding hydrogens is 194 g/mol. The minimum absolute atomic E-state index is 0.166. The van der Waals surface area contributed by atoms with Crippen molar-refractivity contribution in [2.45, 2.75) is 38.8 Å². The Hall–Kier alpha value is -1.36. The van der Waals surface area contributed by atoms with Crippen molar-refractivity contribution < 1.29 is 9.32 Å². The van der Waals surface area contributed by atoms with Gasteiger partial charge in [0, 0.05) is 6.07 Å². The average Bonchev–Trinajstić information content (AvgIpc) is 2.66. The maximum atomic E-state index is 11.7. The van der Waals surface area contributed by atoms with Crippen LogP contribution in [0.2, 0.25) is 0 Å². The number of aromatic nitrogens is 1. The van der Waals surface area contributed by atoms with Gasteiger partial charge < -0.3 is 15.6 Å². The Bertz CT molecular complexity index is 306. The van der Waals surface area contributed by atoms with Gasteiger partial charge in [0.05, 0.1) is 18.3 Å². The van der Waals surface area contributed by atoms with E-state index in [9.17, 15) is 4.79 Å². The molecule has 0 aromatic carbocycles. The zero-order chi connectivity index (χ0) is 11.3. The summed E-state index contributed by atoms with van der Waals surface area (Å²) in [6, 6.07) is 1.70. The molecule has 0 spiro atoms. The summed E-state index contributed by atoms with van der Waals surface area (Å²) in [6.45, 7) is 4.05. The van der Waals surface area contributed by atoms with E-state index in [1.54, 1.807) is 13.0 Å². The average molecular weight is 211 g/mol. The molecule has 0 aliphatic rings. The number of rotatable bonds is 5. The molecule has 1 rings (SSSR count). The number of nitrogens with zero attached hydrogens (tertiary/aromatic N) is 1. The van der Waals surface area contributed by atoms with Gasteiger partial charge in [0.15, 0.2) is 5.76 Å². The van der Waals surface area contributed by atoms with Crippen LogP contribution in [0.3, 0.4) is 0 Å². The summed E-state index contributed by atoms with van der Waals surface area (Å²) < 4.78 is 4.85. The summed E-state index contributed by atoms with van der Waals surface area (Å²) in [5.41, 5.74) is 5.04. The molecular formula is C10H17N3O2. The van der Waals surface area contributed by atoms with Crippen molar-refractivity contribution in [1.29, 1.82) is 0 Å². The molecule has 15 heavy (non-hydrogen) atoms. The SMILES string of the molecule is CCCC(C)(N)C(=O)NCc1ccno1. The molecule has 0 fully saturated rings. The van der Waals surface area contributed by atoms with Gasteiger partial charge in [0.2, 0.25) is 5.91 Å². The highest BCUT2D eigenvalue weighted by molar-refractivity contribution is 5.85. The molecule has 5 heteroatoms. The Morgan fingerprint density at radius 2 is 2.47 bits per heavy atom. The van der Waals surface area contributed by atoms with Gasteiger partial charge in [-0.3, -0.25) is 4.79 Å². The zero-order valence-corrected chi connectivity index (χ0v) is 9.12. The van der Waals surface area contributed by atoms with Crippen LogP contribution in [0.15, 0.2) is 16.8 Å². The lowest BCUT2D eigenvalue weighted by atomic mass is 9.96. The van der Waals surface area contributed by atoms with E-state index in [-0.39, 0.29) is 5.91 Å². The molecule has 0 saturated carbocycles. The van der Waals surface area contributed by atoms with Crippen molar-refractivity contribution in [2.75, 3.05) is 0 Å². The highest BCUT2D eigenvalue weighted by Crippen LogP contribution is 2.08. The van der Waals surface area contributed by atoms with Gasteiger partial charge in [-0.2, -0.15) is 0 Å². The maximum Gasteiger partial charge on any atom is 0.240 e. The number of amides is 1. The van der Waals surface area contributed by atoms with Crippen LogP contribution in [0.4, 0.5) is 0 Å². The minimum Gasteiger partial charge on any atom is -0.360 e. The van der Waals surface area contributed by atoms with E-state index in [1.807, 2.05) is 6.92 Å². The van der Waals surface area contributed by atoms with Crippen LogP contribution in [-0.4, -0.2) is 16.6 Å². The van der Waals surface area contributed by atoms with Crippen LogP contribution in [0.1, 0.15) is 32.4 Å². The lowest BCUT2D eigenvalue weighted by molar-refractivity contribution is -0.126. The first-order valence-corrected chi connectivity index (χ1v) is 5.03. The molecule has 1 aromatic rings. The van der Waals surface area contributed by atoms with Crippen LogP contribution in [-0.2, 0) is 11.3 Å². The van der Waals surface area contributed by atoms with E-state index in [4.69, 9.17) is 10.3 Å². The Labute approximate surface area is 89.0 Å². The molecule has 1 heterocycles. The normalized spacial score (nSPS) is 14.6. The second kappa shape index (κ2) is 4.93. The van der Waals surface area contributed by atoms with Gasteiger partial charge in [0.25, 0.3) is 0 Å². The highest BCUT2D eigenvalue weighted by Gasteiger charge is 2.26. The first-order chi connectivity index (χ1) is 7.06. The van der Waals surface area contributed by atoms with Crippen molar-refractivity contribution >= 4 is 5.91 Å². The fourth-order valence-electron chi connectivity index (χ4n) is 1.34. The number of carbonyl (C=O) groups is 1. The monoisotopic (exact) mass is 211 g/mol. The van der Waals surface area contributed by atoms with Crippen molar-refractivity contribution in [2.24, 2.45) is 5.73 Å². The summed E-state index contributed by atoms with van der Waals surface area (Å²) in [6.07, 6.45) is 3.08. The number of hydrogen-bond donors (Lipinski definition) is 2. The summed E-state index contributed by atoms with van der Waals surface area (Å²) >= 11 is 0. The third-order valence-corrected chi connectivity index (χ3v) is 2.20. The van der Waals surface area contributed by atoms with Gasteiger partial charge in [-0.15, -0.1) is 0 Å². The van der Waals surface area contributed by atoms with Gasteiger partial charge >= 0.3 is 0 Å². The molecule has 84 valence electrons. The molecule has 1 aromatic heterocycles. The predicted molar refractivity (Wildman–Crippen MR) is 55.9 cm³/mol. The number of carbonyl (C=O) groups excluding carboxylic acids is 1.